The second-order valence-electron chi connectivity index (χ2n) is 6.96. The van der Waals surface area contributed by atoms with Gasteiger partial charge in [-0.15, -0.1) is 0 Å². The largest absolute Gasteiger partial charge is 0.378 e. The lowest BCUT2D eigenvalue weighted by Crippen LogP contribution is -2.54. The number of benzene rings is 2. The van der Waals surface area contributed by atoms with Crippen LogP contribution in [0.25, 0.3) is 0 Å². The van der Waals surface area contributed by atoms with Crippen molar-refractivity contribution < 1.29 is 23.6 Å². The van der Waals surface area contributed by atoms with E-state index in [2.05, 4.69) is 10.6 Å². The first-order valence-corrected chi connectivity index (χ1v) is 9.17. The van der Waals surface area contributed by atoms with Gasteiger partial charge in [-0.05, 0) is 36.2 Å². The van der Waals surface area contributed by atoms with Crippen LogP contribution in [0.3, 0.4) is 0 Å². The van der Waals surface area contributed by atoms with Crippen molar-refractivity contribution >= 4 is 29.3 Å². The standard InChI is InChI=1S/C21H15FN4O4/c22-14-5-4-13-17(18(14)24-10-12-3-1-2-11(8-12)9-23)21(30)26(20(13)29)15-6-7-16(27)25-19(15)28/h1-5,8,15,24H,6-7,10H2,(H,25,27,28). The number of nitrogens with one attached hydrogen (secondary N) is 2. The molecule has 1 unspecified atom stereocenters. The maximum Gasteiger partial charge on any atom is 0.264 e. The van der Waals surface area contributed by atoms with Crippen LogP contribution in [0.1, 0.15) is 44.7 Å². The van der Waals surface area contributed by atoms with Gasteiger partial charge in [-0.25, -0.2) is 4.39 Å². The predicted molar refractivity (Wildman–Crippen MR) is 102 cm³/mol. The minimum Gasteiger partial charge on any atom is -0.378 e. The molecule has 30 heavy (non-hydrogen) atoms. The summed E-state index contributed by atoms with van der Waals surface area (Å²) in [4.78, 5) is 50.1. The van der Waals surface area contributed by atoms with E-state index in [1.807, 2.05) is 6.07 Å². The molecule has 1 atom stereocenters. The summed E-state index contributed by atoms with van der Waals surface area (Å²) in [7, 11) is 0. The average Bonchev–Trinajstić information content (AvgIpc) is 2.98. The minimum absolute atomic E-state index is 0.00147. The number of nitrogens with zero attached hydrogens (tertiary/aromatic N) is 2. The Morgan fingerprint density at radius 1 is 1.17 bits per heavy atom. The first-order valence-electron chi connectivity index (χ1n) is 9.17. The molecule has 1 saturated heterocycles. The second-order valence-corrected chi connectivity index (χ2v) is 6.96. The fraction of sp³-hybridized carbons (Fsp3) is 0.190. The molecule has 8 nitrogen and oxygen atoms in total. The van der Waals surface area contributed by atoms with Crippen molar-refractivity contribution in [2.24, 2.45) is 0 Å². The summed E-state index contributed by atoms with van der Waals surface area (Å²) in [5.41, 5.74) is 0.803. The van der Waals surface area contributed by atoms with Gasteiger partial charge >= 0.3 is 0 Å². The van der Waals surface area contributed by atoms with Crippen molar-refractivity contribution in [2.75, 3.05) is 5.32 Å². The Kier molecular flexibility index (Phi) is 4.75. The SMILES string of the molecule is N#Cc1cccc(CNc2c(F)ccc3c2C(=O)N(C2CCC(=O)NC2=O)C3=O)c1. The molecule has 2 aromatic carbocycles. The number of nitriles is 1. The van der Waals surface area contributed by atoms with Gasteiger partial charge in [-0.3, -0.25) is 29.4 Å². The molecule has 2 N–H and O–H groups in total. The first-order chi connectivity index (χ1) is 14.4. The number of anilines is 1. The van der Waals surface area contributed by atoms with Gasteiger partial charge in [0.15, 0.2) is 0 Å². The predicted octanol–water partition coefficient (Wildman–Crippen LogP) is 1.71. The van der Waals surface area contributed by atoms with E-state index in [4.69, 9.17) is 5.26 Å². The molecule has 0 bridgehead atoms. The third kappa shape index (κ3) is 3.18. The molecule has 150 valence electrons. The van der Waals surface area contributed by atoms with Crippen molar-refractivity contribution in [3.63, 3.8) is 0 Å². The highest BCUT2D eigenvalue weighted by atomic mass is 19.1. The van der Waals surface area contributed by atoms with Crippen LogP contribution in [-0.2, 0) is 16.1 Å². The molecule has 9 heteroatoms. The summed E-state index contributed by atoms with van der Waals surface area (Å²) in [5.74, 6) is -3.43. The molecule has 1 fully saturated rings. The van der Waals surface area contributed by atoms with E-state index in [9.17, 15) is 23.6 Å². The highest BCUT2D eigenvalue weighted by Gasteiger charge is 2.46. The summed E-state index contributed by atoms with van der Waals surface area (Å²) in [6.45, 7) is 0.114. The van der Waals surface area contributed by atoms with Crippen molar-refractivity contribution in [1.29, 1.82) is 5.26 Å². The third-order valence-electron chi connectivity index (χ3n) is 5.08. The Morgan fingerprint density at radius 3 is 2.70 bits per heavy atom. The van der Waals surface area contributed by atoms with Crippen LogP contribution in [0.5, 0.6) is 0 Å². The number of piperidine rings is 1. The van der Waals surface area contributed by atoms with Crippen molar-refractivity contribution in [2.45, 2.75) is 25.4 Å². The molecule has 4 amide bonds. The number of halogens is 1. The molecular formula is C21H15FN4O4. The Labute approximate surface area is 170 Å². The molecule has 0 saturated carbocycles. The number of carbonyl (C=O) groups is 4. The lowest BCUT2D eigenvalue weighted by Gasteiger charge is -2.27. The molecule has 2 aromatic rings. The number of rotatable bonds is 4. The van der Waals surface area contributed by atoms with E-state index in [-0.39, 0.29) is 36.2 Å². The van der Waals surface area contributed by atoms with E-state index in [0.29, 0.717) is 11.1 Å². The van der Waals surface area contributed by atoms with Crippen molar-refractivity contribution in [3.05, 3.63) is 64.5 Å². The van der Waals surface area contributed by atoms with Crippen LogP contribution in [0.2, 0.25) is 0 Å². The zero-order valence-electron chi connectivity index (χ0n) is 15.6. The summed E-state index contributed by atoms with van der Waals surface area (Å²) in [5, 5.41) is 14.0. The van der Waals surface area contributed by atoms with Crippen LogP contribution in [0, 0.1) is 17.1 Å². The van der Waals surface area contributed by atoms with Gasteiger partial charge < -0.3 is 5.32 Å². The van der Waals surface area contributed by atoms with Crippen molar-refractivity contribution in [3.8, 4) is 6.07 Å². The van der Waals surface area contributed by atoms with Gasteiger partial charge in [0.2, 0.25) is 11.8 Å². The summed E-state index contributed by atoms with van der Waals surface area (Å²) in [6.07, 6.45) is 0.0147. The number of hydrogen-bond donors (Lipinski definition) is 2. The Morgan fingerprint density at radius 2 is 1.97 bits per heavy atom. The Bertz CT molecular complexity index is 1150. The Balaban J connectivity index is 1.65. The van der Waals surface area contributed by atoms with E-state index in [1.165, 1.54) is 6.07 Å². The highest BCUT2D eigenvalue weighted by molar-refractivity contribution is 6.25. The van der Waals surface area contributed by atoms with Gasteiger partial charge in [0, 0.05) is 13.0 Å². The molecule has 0 aliphatic carbocycles. The second kappa shape index (κ2) is 7.40. The quantitative estimate of drug-likeness (QED) is 0.746. The minimum atomic E-state index is -1.13. The average molecular weight is 406 g/mol. The van der Waals surface area contributed by atoms with Gasteiger partial charge in [-0.2, -0.15) is 5.26 Å². The number of fused-ring (bicyclic) bond motifs is 1. The number of imide groups is 2. The Hall–Kier alpha value is -4.06. The number of hydrogen-bond acceptors (Lipinski definition) is 6. The molecule has 2 heterocycles. The molecule has 0 aromatic heterocycles. The van der Waals surface area contributed by atoms with Crippen LogP contribution in [0.15, 0.2) is 36.4 Å². The topological polar surface area (TPSA) is 119 Å². The normalized spacial score (nSPS) is 18.1. The van der Waals surface area contributed by atoms with Crippen molar-refractivity contribution in [1.82, 2.24) is 10.2 Å². The summed E-state index contributed by atoms with van der Waals surface area (Å²) >= 11 is 0. The van der Waals surface area contributed by atoms with Gasteiger partial charge in [0.05, 0.1) is 28.4 Å². The van der Waals surface area contributed by atoms with Gasteiger partial charge in [-0.1, -0.05) is 12.1 Å². The van der Waals surface area contributed by atoms with Gasteiger partial charge in [0.25, 0.3) is 11.8 Å². The molecule has 2 aliphatic heterocycles. The highest BCUT2D eigenvalue weighted by Crippen LogP contribution is 2.34. The lowest BCUT2D eigenvalue weighted by molar-refractivity contribution is -0.136. The summed E-state index contributed by atoms with van der Waals surface area (Å²) < 4.78 is 14.6. The molecule has 0 radical (unpaired) electrons. The molecule has 0 spiro atoms. The van der Waals surface area contributed by atoms with Crippen LogP contribution in [-0.4, -0.2) is 34.6 Å². The fourth-order valence-corrected chi connectivity index (χ4v) is 3.65. The van der Waals surface area contributed by atoms with E-state index >= 15 is 0 Å². The molecular weight excluding hydrogens is 391 g/mol. The number of carbonyl (C=O) groups excluding carboxylic acids is 4. The smallest absolute Gasteiger partial charge is 0.264 e. The lowest BCUT2D eigenvalue weighted by atomic mass is 10.0. The summed E-state index contributed by atoms with van der Waals surface area (Å²) in [6, 6.07) is 9.83. The maximum absolute atomic E-state index is 14.6. The third-order valence-corrected chi connectivity index (χ3v) is 5.08. The van der Waals surface area contributed by atoms with Crippen LogP contribution < -0.4 is 10.6 Å². The van der Waals surface area contributed by atoms with Crippen LogP contribution in [0.4, 0.5) is 10.1 Å². The van der Waals surface area contributed by atoms with Crippen LogP contribution >= 0.6 is 0 Å². The fourth-order valence-electron chi connectivity index (χ4n) is 3.65. The monoisotopic (exact) mass is 406 g/mol. The zero-order chi connectivity index (χ0) is 21.4. The zero-order valence-corrected chi connectivity index (χ0v) is 15.6. The first kappa shape index (κ1) is 19.3. The number of amides is 4. The maximum atomic E-state index is 14.6. The van der Waals surface area contributed by atoms with E-state index in [1.54, 1.807) is 24.3 Å². The molecule has 4 rings (SSSR count). The molecule has 2 aliphatic rings. The van der Waals surface area contributed by atoms with Gasteiger partial charge in [0.1, 0.15) is 11.9 Å². The van der Waals surface area contributed by atoms with E-state index < -0.39 is 35.5 Å². The van der Waals surface area contributed by atoms with E-state index in [0.717, 1.165) is 11.0 Å².